The average molecular weight is 445 g/mol. The number of carbonyl (C=O) groups is 1. The molecule has 4 rings (SSSR count). The molecule has 0 unspecified atom stereocenters. The van der Waals surface area contributed by atoms with Gasteiger partial charge in [-0.15, -0.1) is 0 Å². The van der Waals surface area contributed by atoms with E-state index in [1.54, 1.807) is 4.57 Å². The van der Waals surface area contributed by atoms with Crippen molar-refractivity contribution in [3.05, 3.63) is 92.7 Å². The lowest BCUT2D eigenvalue weighted by molar-refractivity contribution is -0.116. The molecule has 33 heavy (non-hydrogen) atoms. The largest absolute Gasteiger partial charge is 0.324 e. The molecule has 1 N–H and O–H groups in total. The number of hydrogen-bond acceptors (Lipinski definition) is 4. The van der Waals surface area contributed by atoms with Crippen molar-refractivity contribution >= 4 is 11.6 Å². The summed E-state index contributed by atoms with van der Waals surface area (Å²) in [6.07, 6.45) is 2.18. The maximum atomic E-state index is 13.5. The van der Waals surface area contributed by atoms with Crippen molar-refractivity contribution in [2.45, 2.75) is 59.7 Å². The lowest BCUT2D eigenvalue weighted by Crippen LogP contribution is -2.40. The summed E-state index contributed by atoms with van der Waals surface area (Å²) in [7, 11) is 0. The number of benzene rings is 2. The summed E-state index contributed by atoms with van der Waals surface area (Å²) in [5.74, 6) is 0.473. The number of rotatable bonds is 7. The van der Waals surface area contributed by atoms with Gasteiger partial charge in [-0.25, -0.2) is 4.98 Å². The van der Waals surface area contributed by atoms with Crippen LogP contribution in [-0.2, 0) is 43.7 Å². The molecule has 0 radical (unpaired) electrons. The van der Waals surface area contributed by atoms with E-state index in [1.165, 1.54) is 5.56 Å². The number of nitrogens with one attached hydrogen (secondary N) is 1. The topological polar surface area (TPSA) is 67.2 Å². The third kappa shape index (κ3) is 5.06. The molecule has 0 fully saturated rings. The monoisotopic (exact) mass is 444 g/mol. The number of carbonyl (C=O) groups excluding carboxylic acids is 1. The molecule has 2 aromatic carbocycles. The van der Waals surface area contributed by atoms with Crippen LogP contribution in [0.5, 0.6) is 0 Å². The molecular weight excluding hydrogens is 412 g/mol. The molecule has 1 aliphatic rings. The smallest absolute Gasteiger partial charge is 0.258 e. The molecule has 3 aromatic rings. The number of aromatic nitrogens is 2. The first kappa shape index (κ1) is 22.9. The summed E-state index contributed by atoms with van der Waals surface area (Å²) < 4.78 is 1.56. The molecule has 172 valence electrons. The van der Waals surface area contributed by atoms with Crippen LogP contribution in [-0.4, -0.2) is 26.9 Å². The van der Waals surface area contributed by atoms with Gasteiger partial charge in [-0.3, -0.25) is 19.1 Å². The van der Waals surface area contributed by atoms with Gasteiger partial charge >= 0.3 is 0 Å². The van der Waals surface area contributed by atoms with Gasteiger partial charge in [0.05, 0.1) is 11.3 Å². The molecule has 0 saturated heterocycles. The highest BCUT2D eigenvalue weighted by atomic mass is 16.2. The van der Waals surface area contributed by atoms with Crippen molar-refractivity contribution < 1.29 is 4.79 Å². The summed E-state index contributed by atoms with van der Waals surface area (Å²) >= 11 is 0. The maximum Gasteiger partial charge on any atom is 0.258 e. The van der Waals surface area contributed by atoms with Crippen molar-refractivity contribution in [2.24, 2.45) is 0 Å². The molecule has 1 aromatic heterocycles. The number of fused-ring (bicyclic) bond motifs is 1. The Labute approximate surface area is 195 Å². The maximum absolute atomic E-state index is 13.5. The fraction of sp³-hybridized carbons (Fsp3) is 0.370. The standard InChI is InChI=1S/C27H32N4O2/c1-4-21-13-9-10-19(3)26(21)29-25(32)18-31-24(5-2)28-23-14-15-30(17-22(23)27(31)33)16-20-11-7-6-8-12-20/h6-13H,4-5,14-18H2,1-3H3,(H,29,32). The zero-order valence-electron chi connectivity index (χ0n) is 19.7. The number of hydrogen-bond donors (Lipinski definition) is 1. The van der Waals surface area contributed by atoms with Crippen molar-refractivity contribution in [1.29, 1.82) is 0 Å². The van der Waals surface area contributed by atoms with Crippen LogP contribution in [0.3, 0.4) is 0 Å². The molecule has 1 aliphatic heterocycles. The normalized spacial score (nSPS) is 13.5. The highest BCUT2D eigenvalue weighted by Gasteiger charge is 2.24. The predicted octanol–water partition coefficient (Wildman–Crippen LogP) is 3.87. The number of aryl methyl sites for hydroxylation is 3. The van der Waals surface area contributed by atoms with E-state index < -0.39 is 0 Å². The number of para-hydroxylation sites is 1. The van der Waals surface area contributed by atoms with E-state index in [-0.39, 0.29) is 18.0 Å². The third-order valence-electron chi connectivity index (χ3n) is 6.35. The zero-order valence-corrected chi connectivity index (χ0v) is 19.7. The first-order chi connectivity index (χ1) is 16.0. The van der Waals surface area contributed by atoms with E-state index in [4.69, 9.17) is 4.98 Å². The number of anilines is 1. The fourth-order valence-electron chi connectivity index (χ4n) is 4.55. The third-order valence-corrected chi connectivity index (χ3v) is 6.35. The number of nitrogens with zero attached hydrogens (tertiary/aromatic N) is 3. The lowest BCUT2D eigenvalue weighted by Gasteiger charge is -2.29. The van der Waals surface area contributed by atoms with E-state index in [0.29, 0.717) is 24.4 Å². The van der Waals surface area contributed by atoms with Gasteiger partial charge in [0.25, 0.3) is 5.56 Å². The van der Waals surface area contributed by atoms with Crippen LogP contribution in [0.15, 0.2) is 53.3 Å². The molecule has 1 amide bonds. The van der Waals surface area contributed by atoms with Gasteiger partial charge in [0.1, 0.15) is 12.4 Å². The quantitative estimate of drug-likeness (QED) is 0.601. The highest BCUT2D eigenvalue weighted by Crippen LogP contribution is 2.21. The van der Waals surface area contributed by atoms with Crippen LogP contribution >= 0.6 is 0 Å². The second-order valence-corrected chi connectivity index (χ2v) is 8.66. The Bertz CT molecular complexity index is 1200. The van der Waals surface area contributed by atoms with Gasteiger partial charge in [0.15, 0.2) is 0 Å². The first-order valence-electron chi connectivity index (χ1n) is 11.8. The van der Waals surface area contributed by atoms with Gasteiger partial charge in [0, 0.05) is 38.2 Å². The van der Waals surface area contributed by atoms with Crippen LogP contribution in [0.2, 0.25) is 0 Å². The highest BCUT2D eigenvalue weighted by molar-refractivity contribution is 5.92. The Morgan fingerprint density at radius 2 is 1.85 bits per heavy atom. The average Bonchev–Trinajstić information content (AvgIpc) is 2.83. The molecule has 0 spiro atoms. The van der Waals surface area contributed by atoms with Crippen molar-refractivity contribution in [1.82, 2.24) is 14.5 Å². The van der Waals surface area contributed by atoms with Gasteiger partial charge < -0.3 is 5.32 Å². The van der Waals surface area contributed by atoms with E-state index in [1.807, 2.05) is 50.2 Å². The van der Waals surface area contributed by atoms with Gasteiger partial charge in [-0.1, -0.05) is 62.4 Å². The minimum absolute atomic E-state index is 0.0293. The molecule has 2 heterocycles. The molecule has 0 saturated carbocycles. The van der Waals surface area contributed by atoms with E-state index in [9.17, 15) is 9.59 Å². The van der Waals surface area contributed by atoms with E-state index >= 15 is 0 Å². The Kier molecular flexibility index (Phi) is 7.04. The summed E-state index contributed by atoms with van der Waals surface area (Å²) in [6.45, 7) is 8.22. The van der Waals surface area contributed by atoms with Gasteiger partial charge in [-0.05, 0) is 30.0 Å². The molecule has 6 nitrogen and oxygen atoms in total. The Morgan fingerprint density at radius 3 is 2.58 bits per heavy atom. The minimum Gasteiger partial charge on any atom is -0.324 e. The first-order valence-corrected chi connectivity index (χ1v) is 11.8. The van der Waals surface area contributed by atoms with Crippen LogP contribution in [0.1, 0.15) is 47.6 Å². The Hall–Kier alpha value is -3.25. The molecule has 6 heteroatoms. The van der Waals surface area contributed by atoms with E-state index in [2.05, 4.69) is 29.3 Å². The molecular formula is C27H32N4O2. The van der Waals surface area contributed by atoms with Crippen LogP contribution in [0.25, 0.3) is 0 Å². The van der Waals surface area contributed by atoms with Crippen molar-refractivity contribution in [3.8, 4) is 0 Å². The summed E-state index contributed by atoms with van der Waals surface area (Å²) in [5.41, 5.74) is 5.68. The molecule has 0 atom stereocenters. The Balaban J connectivity index is 1.57. The molecule has 0 bridgehead atoms. The SMILES string of the molecule is CCc1cccc(C)c1NC(=O)Cn1c(CC)nc2c(c1=O)CN(Cc1ccccc1)CC2. The second-order valence-electron chi connectivity index (χ2n) is 8.66. The lowest BCUT2D eigenvalue weighted by atomic mass is 10.1. The second kappa shape index (κ2) is 10.1. The predicted molar refractivity (Wildman–Crippen MR) is 131 cm³/mol. The van der Waals surface area contributed by atoms with Gasteiger partial charge in [0.2, 0.25) is 5.91 Å². The summed E-state index contributed by atoms with van der Waals surface area (Å²) in [4.78, 5) is 33.5. The number of amides is 1. The fourth-order valence-corrected chi connectivity index (χ4v) is 4.55. The summed E-state index contributed by atoms with van der Waals surface area (Å²) in [5, 5.41) is 3.04. The van der Waals surface area contributed by atoms with Crippen LogP contribution < -0.4 is 10.9 Å². The van der Waals surface area contributed by atoms with Crippen LogP contribution in [0.4, 0.5) is 5.69 Å². The van der Waals surface area contributed by atoms with Crippen LogP contribution in [0, 0.1) is 6.92 Å². The zero-order chi connectivity index (χ0) is 23.4. The summed E-state index contributed by atoms with van der Waals surface area (Å²) in [6, 6.07) is 16.3. The molecule has 0 aliphatic carbocycles. The van der Waals surface area contributed by atoms with E-state index in [0.717, 1.165) is 48.4 Å². The van der Waals surface area contributed by atoms with Crippen molar-refractivity contribution in [3.63, 3.8) is 0 Å². The minimum atomic E-state index is -0.200. The Morgan fingerprint density at radius 1 is 1.06 bits per heavy atom. The van der Waals surface area contributed by atoms with Crippen molar-refractivity contribution in [2.75, 3.05) is 11.9 Å². The van der Waals surface area contributed by atoms with Gasteiger partial charge in [-0.2, -0.15) is 0 Å².